The van der Waals surface area contributed by atoms with Gasteiger partial charge in [0.1, 0.15) is 0 Å². The van der Waals surface area contributed by atoms with Crippen molar-refractivity contribution < 1.29 is 4.74 Å². The maximum Gasteiger partial charge on any atom is 0.0637 e. The Balaban J connectivity index is 1.62. The third kappa shape index (κ3) is 3.79. The summed E-state index contributed by atoms with van der Waals surface area (Å²) in [5, 5.41) is 0. The van der Waals surface area contributed by atoms with E-state index in [-0.39, 0.29) is 0 Å². The third-order valence-electron chi connectivity index (χ3n) is 10.9. The molecular weight excluding hydrogens is 368 g/mol. The third-order valence-corrected chi connectivity index (χ3v) is 10.9. The molecule has 4 saturated carbocycles. The van der Waals surface area contributed by atoms with Crippen molar-refractivity contribution in [3.05, 3.63) is 0 Å². The van der Waals surface area contributed by atoms with Gasteiger partial charge >= 0.3 is 0 Å². The summed E-state index contributed by atoms with van der Waals surface area (Å²) >= 11 is 0. The standard InChI is InChI=1S/C27H50N2O/c1-19(8-6-15-28)22-12-13-23-21-11-10-20-9-4-5-14-26(20,2)24(21)18-25(27(22,23)3)30-17-7-16-29/h19-25H,4-18,28-29H2,1-3H3/t19-,20+,21+,22?,23+,24+,25+,26+,27-/m1/s1. The van der Waals surface area contributed by atoms with Crippen LogP contribution in [-0.2, 0) is 4.74 Å². The maximum atomic E-state index is 6.79. The predicted molar refractivity (Wildman–Crippen MR) is 126 cm³/mol. The number of hydrogen-bond donors (Lipinski definition) is 2. The van der Waals surface area contributed by atoms with Gasteiger partial charge in [-0.3, -0.25) is 0 Å². The van der Waals surface area contributed by atoms with Crippen molar-refractivity contribution in [1.82, 2.24) is 0 Å². The minimum absolute atomic E-state index is 0.349. The van der Waals surface area contributed by atoms with E-state index in [4.69, 9.17) is 16.2 Å². The SMILES string of the molecule is C[C@H](CCCN)C1CC[C@H]2[C@@H]3CC[C@@H]4CCCC[C@]4(C)[C@H]3C[C@H](OCCCN)[C@]12C. The maximum absolute atomic E-state index is 6.79. The average Bonchev–Trinajstić information content (AvgIpc) is 3.10. The molecule has 1 unspecified atom stereocenters. The van der Waals surface area contributed by atoms with Gasteiger partial charge in [-0.25, -0.2) is 0 Å². The highest BCUT2D eigenvalue weighted by Crippen LogP contribution is 2.68. The Bertz CT molecular complexity index is 567. The van der Waals surface area contributed by atoms with Gasteiger partial charge in [0.2, 0.25) is 0 Å². The monoisotopic (exact) mass is 418 g/mol. The lowest BCUT2D eigenvalue weighted by Crippen LogP contribution is -2.58. The molecule has 0 spiro atoms. The zero-order valence-electron chi connectivity index (χ0n) is 20.2. The van der Waals surface area contributed by atoms with Crippen molar-refractivity contribution >= 4 is 0 Å². The van der Waals surface area contributed by atoms with Crippen LogP contribution in [0, 0.1) is 46.3 Å². The molecule has 0 heterocycles. The lowest BCUT2D eigenvalue weighted by Gasteiger charge is -2.62. The smallest absolute Gasteiger partial charge is 0.0637 e. The van der Waals surface area contributed by atoms with Crippen LogP contribution in [0.3, 0.4) is 0 Å². The van der Waals surface area contributed by atoms with E-state index in [1.807, 2.05) is 0 Å². The number of rotatable bonds is 8. The van der Waals surface area contributed by atoms with Gasteiger partial charge in [0.25, 0.3) is 0 Å². The van der Waals surface area contributed by atoms with E-state index >= 15 is 0 Å². The first kappa shape index (κ1) is 23.1. The lowest BCUT2D eigenvalue weighted by molar-refractivity contribution is -0.185. The molecule has 0 aromatic heterocycles. The zero-order valence-corrected chi connectivity index (χ0v) is 20.2. The van der Waals surface area contributed by atoms with E-state index in [0.717, 1.165) is 61.6 Å². The highest BCUT2D eigenvalue weighted by atomic mass is 16.5. The number of fused-ring (bicyclic) bond motifs is 5. The van der Waals surface area contributed by atoms with Crippen LogP contribution in [0.5, 0.6) is 0 Å². The molecule has 0 amide bonds. The zero-order chi connectivity index (χ0) is 21.4. The topological polar surface area (TPSA) is 61.3 Å². The second-order valence-corrected chi connectivity index (χ2v) is 12.1. The van der Waals surface area contributed by atoms with E-state index < -0.39 is 0 Å². The number of nitrogens with two attached hydrogens (primary N) is 2. The van der Waals surface area contributed by atoms with Crippen molar-refractivity contribution in [3.8, 4) is 0 Å². The van der Waals surface area contributed by atoms with Crippen LogP contribution >= 0.6 is 0 Å². The lowest BCUT2D eigenvalue weighted by atomic mass is 9.44. The molecule has 0 aromatic rings. The molecule has 3 heteroatoms. The first-order valence-corrected chi connectivity index (χ1v) is 13.5. The van der Waals surface area contributed by atoms with Crippen LogP contribution in [0.25, 0.3) is 0 Å². The Hall–Kier alpha value is -0.120. The van der Waals surface area contributed by atoms with Crippen LogP contribution in [0.2, 0.25) is 0 Å². The summed E-state index contributed by atoms with van der Waals surface area (Å²) in [7, 11) is 0. The van der Waals surface area contributed by atoms with Crippen LogP contribution in [0.4, 0.5) is 0 Å². The Morgan fingerprint density at radius 1 is 0.933 bits per heavy atom. The molecule has 3 nitrogen and oxygen atoms in total. The minimum Gasteiger partial charge on any atom is -0.378 e. The fourth-order valence-electron chi connectivity index (χ4n) is 9.39. The van der Waals surface area contributed by atoms with Crippen LogP contribution in [0.15, 0.2) is 0 Å². The van der Waals surface area contributed by atoms with Gasteiger partial charge in [-0.2, -0.15) is 0 Å². The van der Waals surface area contributed by atoms with Crippen LogP contribution in [0.1, 0.15) is 97.8 Å². The van der Waals surface area contributed by atoms with E-state index in [2.05, 4.69) is 20.8 Å². The van der Waals surface area contributed by atoms with E-state index in [1.165, 1.54) is 70.6 Å². The van der Waals surface area contributed by atoms with Gasteiger partial charge in [-0.1, -0.05) is 33.6 Å². The molecule has 4 N–H and O–H groups in total. The molecule has 174 valence electrons. The van der Waals surface area contributed by atoms with Gasteiger partial charge in [-0.05, 0) is 124 Å². The largest absolute Gasteiger partial charge is 0.378 e. The summed E-state index contributed by atoms with van der Waals surface area (Å²) in [6, 6.07) is 0. The number of hydrogen-bond acceptors (Lipinski definition) is 3. The molecule has 0 bridgehead atoms. The quantitative estimate of drug-likeness (QED) is 0.493. The highest BCUT2D eigenvalue weighted by molar-refractivity contribution is 5.12. The van der Waals surface area contributed by atoms with Gasteiger partial charge in [0.05, 0.1) is 6.10 Å². The summed E-state index contributed by atoms with van der Waals surface area (Å²) in [5.41, 5.74) is 12.6. The summed E-state index contributed by atoms with van der Waals surface area (Å²) in [6.07, 6.45) is 16.9. The van der Waals surface area contributed by atoms with Crippen LogP contribution in [-0.4, -0.2) is 25.8 Å². The number of ether oxygens (including phenoxy) is 1. The van der Waals surface area contributed by atoms with E-state index in [9.17, 15) is 0 Å². The molecule has 0 radical (unpaired) electrons. The first-order chi connectivity index (χ1) is 14.5. The fraction of sp³-hybridized carbons (Fsp3) is 1.00. The second kappa shape index (κ2) is 9.40. The summed E-state index contributed by atoms with van der Waals surface area (Å²) < 4.78 is 6.79. The highest BCUT2D eigenvalue weighted by Gasteiger charge is 2.63. The van der Waals surface area contributed by atoms with Crippen LogP contribution < -0.4 is 11.5 Å². The fourth-order valence-corrected chi connectivity index (χ4v) is 9.39. The van der Waals surface area contributed by atoms with Crippen molar-refractivity contribution in [1.29, 1.82) is 0 Å². The van der Waals surface area contributed by atoms with Crippen molar-refractivity contribution in [2.45, 2.75) is 104 Å². The first-order valence-electron chi connectivity index (χ1n) is 13.5. The van der Waals surface area contributed by atoms with Crippen molar-refractivity contribution in [2.24, 2.45) is 57.8 Å². The van der Waals surface area contributed by atoms with Crippen molar-refractivity contribution in [3.63, 3.8) is 0 Å². The van der Waals surface area contributed by atoms with Gasteiger partial charge < -0.3 is 16.2 Å². The van der Waals surface area contributed by atoms with E-state index in [1.54, 1.807) is 0 Å². The molecule has 0 aromatic carbocycles. The Morgan fingerprint density at radius 2 is 1.73 bits per heavy atom. The van der Waals surface area contributed by atoms with Gasteiger partial charge in [0, 0.05) is 6.61 Å². The molecule has 0 saturated heterocycles. The normalized spacial score (nSPS) is 46.7. The van der Waals surface area contributed by atoms with Gasteiger partial charge in [0.15, 0.2) is 0 Å². The molecule has 9 atom stereocenters. The summed E-state index contributed by atoms with van der Waals surface area (Å²) in [4.78, 5) is 0. The minimum atomic E-state index is 0.349. The second-order valence-electron chi connectivity index (χ2n) is 12.1. The summed E-state index contributed by atoms with van der Waals surface area (Å²) in [6.45, 7) is 10.3. The van der Waals surface area contributed by atoms with Gasteiger partial charge in [-0.15, -0.1) is 0 Å². The molecule has 4 aliphatic carbocycles. The molecule has 4 fully saturated rings. The molecular formula is C27H50N2O. The molecule has 0 aliphatic heterocycles. The molecule has 30 heavy (non-hydrogen) atoms. The predicted octanol–water partition coefficient (Wildman–Crippen LogP) is 5.75. The van der Waals surface area contributed by atoms with E-state index in [0.29, 0.717) is 16.9 Å². The summed E-state index contributed by atoms with van der Waals surface area (Å²) in [5.74, 6) is 5.23. The Labute approximate surface area is 186 Å². The Morgan fingerprint density at radius 3 is 2.50 bits per heavy atom. The molecule has 4 rings (SSSR count). The van der Waals surface area contributed by atoms with Crippen molar-refractivity contribution in [2.75, 3.05) is 19.7 Å². The Kier molecular flexibility index (Phi) is 7.22. The molecule has 4 aliphatic rings. The average molecular weight is 419 g/mol.